The number of ether oxygens (including phenoxy) is 3. The Morgan fingerprint density at radius 3 is 2.68 bits per heavy atom. The molecule has 0 atom stereocenters. The van der Waals surface area contributed by atoms with Crippen molar-refractivity contribution in [2.75, 3.05) is 13.3 Å². The molecule has 12 heteroatoms. The average Bonchev–Trinajstić information content (AvgIpc) is 3.25. The van der Waals surface area contributed by atoms with Crippen molar-refractivity contribution in [3.8, 4) is 17.2 Å². The molecule has 2 aromatic rings. The van der Waals surface area contributed by atoms with Crippen molar-refractivity contribution in [2.24, 2.45) is 4.99 Å². The van der Waals surface area contributed by atoms with Crippen molar-refractivity contribution >= 4 is 29.9 Å². The van der Waals surface area contributed by atoms with Crippen molar-refractivity contribution in [3.63, 3.8) is 0 Å². The smallest absolute Gasteiger partial charge is 0.387 e. The lowest BCUT2D eigenvalue weighted by atomic mass is 10.1. The molecular weight excluding hydrogens is 491 g/mol. The molecule has 9 nitrogen and oxygen atoms in total. The lowest BCUT2D eigenvalue weighted by Gasteiger charge is -2.12. The van der Waals surface area contributed by atoms with Crippen LogP contribution in [0.3, 0.4) is 0 Å². The molecule has 2 N–H and O–H groups in total. The molecular formula is C16H20F2IN5O4. The molecule has 1 aliphatic heterocycles. The number of aromatic nitrogens is 2. The first-order valence-corrected chi connectivity index (χ1v) is 8.24. The van der Waals surface area contributed by atoms with Crippen LogP contribution in [0.25, 0.3) is 0 Å². The molecule has 0 unspecified atom stereocenters. The quantitative estimate of drug-likeness (QED) is 0.333. The van der Waals surface area contributed by atoms with Crippen molar-refractivity contribution in [1.82, 2.24) is 20.8 Å². The molecule has 0 saturated carbocycles. The van der Waals surface area contributed by atoms with Gasteiger partial charge in [-0.05, 0) is 19.9 Å². The Morgan fingerprint density at radius 2 is 2.04 bits per heavy atom. The number of aliphatic imine (C=N–C) groups is 1. The van der Waals surface area contributed by atoms with Gasteiger partial charge in [0.2, 0.25) is 12.7 Å². The first-order valence-electron chi connectivity index (χ1n) is 8.24. The number of benzene rings is 1. The van der Waals surface area contributed by atoms with Crippen molar-refractivity contribution in [2.45, 2.75) is 33.5 Å². The number of aryl methyl sites for hydroxylation is 1. The van der Waals surface area contributed by atoms with Gasteiger partial charge in [0.05, 0.1) is 13.1 Å². The highest BCUT2D eigenvalue weighted by Gasteiger charge is 2.20. The van der Waals surface area contributed by atoms with Gasteiger partial charge in [-0.1, -0.05) is 5.16 Å². The molecule has 0 spiro atoms. The third-order valence-electron chi connectivity index (χ3n) is 3.50. The van der Waals surface area contributed by atoms with Gasteiger partial charge in [0, 0.05) is 18.2 Å². The van der Waals surface area contributed by atoms with E-state index >= 15 is 0 Å². The summed E-state index contributed by atoms with van der Waals surface area (Å²) in [6.07, 6.45) is 0. The summed E-state index contributed by atoms with van der Waals surface area (Å²) in [6, 6.07) is 2.95. The molecule has 1 aliphatic rings. The SMILES string of the molecule is CCNC(=NCc1cc2c(cc1OC(F)F)OCO2)NCc1nc(C)no1.I. The normalized spacial score (nSPS) is 12.7. The van der Waals surface area contributed by atoms with Gasteiger partial charge in [0.25, 0.3) is 0 Å². The van der Waals surface area contributed by atoms with E-state index in [4.69, 9.17) is 14.0 Å². The number of hydrogen-bond donors (Lipinski definition) is 2. The number of rotatable bonds is 7. The maximum atomic E-state index is 12.7. The summed E-state index contributed by atoms with van der Waals surface area (Å²) in [5, 5.41) is 9.78. The van der Waals surface area contributed by atoms with E-state index in [0.717, 1.165) is 0 Å². The zero-order valence-electron chi connectivity index (χ0n) is 15.2. The second kappa shape index (κ2) is 10.2. The topological polar surface area (TPSA) is 103 Å². The first kappa shape index (κ1) is 21.9. The Balaban J connectivity index is 0.00000280. The predicted molar refractivity (Wildman–Crippen MR) is 105 cm³/mol. The summed E-state index contributed by atoms with van der Waals surface area (Å²) in [4.78, 5) is 8.47. The highest BCUT2D eigenvalue weighted by atomic mass is 127. The lowest BCUT2D eigenvalue weighted by Crippen LogP contribution is -2.36. The molecule has 154 valence electrons. The van der Waals surface area contributed by atoms with Gasteiger partial charge in [0.15, 0.2) is 23.3 Å². The number of nitrogens with one attached hydrogen (secondary N) is 2. The maximum absolute atomic E-state index is 12.7. The largest absolute Gasteiger partial charge is 0.454 e. The molecule has 0 bridgehead atoms. The third-order valence-corrected chi connectivity index (χ3v) is 3.50. The Kier molecular flexibility index (Phi) is 8.02. The summed E-state index contributed by atoms with van der Waals surface area (Å²) >= 11 is 0. The fraction of sp³-hybridized carbons (Fsp3) is 0.438. The van der Waals surface area contributed by atoms with Crippen LogP contribution < -0.4 is 24.8 Å². The Bertz CT molecular complexity index is 818. The van der Waals surface area contributed by atoms with E-state index in [0.29, 0.717) is 41.3 Å². The molecule has 2 heterocycles. The van der Waals surface area contributed by atoms with Crippen LogP contribution in [0.4, 0.5) is 8.78 Å². The van der Waals surface area contributed by atoms with Crippen LogP contribution in [0.5, 0.6) is 17.2 Å². The molecule has 1 aromatic heterocycles. The van der Waals surface area contributed by atoms with Gasteiger partial charge >= 0.3 is 6.61 Å². The van der Waals surface area contributed by atoms with Crippen LogP contribution in [-0.4, -0.2) is 36.0 Å². The summed E-state index contributed by atoms with van der Waals surface area (Å²) in [5.74, 6) is 2.19. The van der Waals surface area contributed by atoms with Crippen LogP contribution in [-0.2, 0) is 13.1 Å². The Morgan fingerprint density at radius 1 is 1.29 bits per heavy atom. The van der Waals surface area contributed by atoms with Crippen LogP contribution in [0, 0.1) is 6.92 Å². The van der Waals surface area contributed by atoms with E-state index in [-0.39, 0.29) is 49.6 Å². The van der Waals surface area contributed by atoms with E-state index in [1.807, 2.05) is 6.92 Å². The summed E-state index contributed by atoms with van der Waals surface area (Å²) in [5.41, 5.74) is 0.436. The monoisotopic (exact) mass is 511 g/mol. The standard InChI is InChI=1S/C16H19F2N5O4.HI/c1-3-19-16(21-7-14-22-9(2)23-27-14)20-6-10-4-12-13(25-8-24-12)5-11(10)26-15(17)18;/h4-5,15H,3,6-8H2,1-2H3,(H2,19,20,21);1H. The molecule has 3 rings (SSSR count). The fourth-order valence-electron chi connectivity index (χ4n) is 2.37. The van der Waals surface area contributed by atoms with E-state index in [1.54, 1.807) is 13.0 Å². The molecule has 0 fully saturated rings. The number of fused-ring (bicyclic) bond motifs is 1. The molecule has 0 aliphatic carbocycles. The van der Waals surface area contributed by atoms with Gasteiger partial charge in [-0.15, -0.1) is 24.0 Å². The van der Waals surface area contributed by atoms with Gasteiger partial charge in [-0.2, -0.15) is 13.8 Å². The molecule has 0 saturated heterocycles. The van der Waals surface area contributed by atoms with Crippen molar-refractivity contribution < 1.29 is 27.5 Å². The second-order valence-corrected chi connectivity index (χ2v) is 5.48. The van der Waals surface area contributed by atoms with Gasteiger partial charge in [-0.3, -0.25) is 0 Å². The lowest BCUT2D eigenvalue weighted by molar-refractivity contribution is -0.0505. The van der Waals surface area contributed by atoms with Gasteiger partial charge in [-0.25, -0.2) is 4.99 Å². The number of hydrogen-bond acceptors (Lipinski definition) is 7. The maximum Gasteiger partial charge on any atom is 0.387 e. The highest BCUT2D eigenvalue weighted by Crippen LogP contribution is 2.39. The van der Waals surface area contributed by atoms with Crippen LogP contribution >= 0.6 is 24.0 Å². The van der Waals surface area contributed by atoms with Crippen LogP contribution in [0.1, 0.15) is 24.2 Å². The first-order chi connectivity index (χ1) is 13.0. The van der Waals surface area contributed by atoms with E-state index < -0.39 is 6.61 Å². The zero-order chi connectivity index (χ0) is 19.2. The van der Waals surface area contributed by atoms with Crippen molar-refractivity contribution in [3.05, 3.63) is 29.4 Å². The zero-order valence-corrected chi connectivity index (χ0v) is 17.5. The molecule has 0 amide bonds. The number of nitrogens with zero attached hydrogens (tertiary/aromatic N) is 3. The molecule has 28 heavy (non-hydrogen) atoms. The van der Waals surface area contributed by atoms with E-state index in [1.165, 1.54) is 6.07 Å². The minimum absolute atomic E-state index is 0. The van der Waals surface area contributed by atoms with Crippen molar-refractivity contribution in [1.29, 1.82) is 0 Å². The minimum atomic E-state index is -2.96. The highest BCUT2D eigenvalue weighted by molar-refractivity contribution is 14.0. The van der Waals surface area contributed by atoms with Gasteiger partial charge < -0.3 is 29.4 Å². The number of alkyl halides is 2. The van der Waals surface area contributed by atoms with E-state index in [2.05, 4.69) is 30.5 Å². The second-order valence-electron chi connectivity index (χ2n) is 5.48. The number of halogens is 3. The minimum Gasteiger partial charge on any atom is -0.454 e. The molecule has 0 radical (unpaired) electrons. The summed E-state index contributed by atoms with van der Waals surface area (Å²) < 4.78 is 45.5. The average molecular weight is 511 g/mol. The number of guanidine groups is 1. The third kappa shape index (κ3) is 5.81. The van der Waals surface area contributed by atoms with Crippen LogP contribution in [0.2, 0.25) is 0 Å². The Labute approximate surface area is 176 Å². The predicted octanol–water partition coefficient (Wildman–Crippen LogP) is 2.58. The van der Waals surface area contributed by atoms with Crippen LogP contribution in [0.15, 0.2) is 21.6 Å². The fourth-order valence-corrected chi connectivity index (χ4v) is 2.37. The Hall–Kier alpha value is -2.38. The van der Waals surface area contributed by atoms with E-state index in [9.17, 15) is 8.78 Å². The molecule has 1 aromatic carbocycles. The van der Waals surface area contributed by atoms with Gasteiger partial charge in [0.1, 0.15) is 5.75 Å². The summed E-state index contributed by atoms with van der Waals surface area (Å²) in [7, 11) is 0. The summed E-state index contributed by atoms with van der Waals surface area (Å²) in [6.45, 7) is 1.65.